The largest absolute Gasteiger partial charge is 0.437 e. The van der Waals surface area contributed by atoms with E-state index in [1.54, 1.807) is 31.3 Å². The van der Waals surface area contributed by atoms with Crippen molar-refractivity contribution < 1.29 is 17.5 Å². The Hall–Kier alpha value is -2.97. The molecule has 0 bridgehead atoms. The molecule has 0 spiro atoms. The van der Waals surface area contributed by atoms with Crippen molar-refractivity contribution in [2.75, 3.05) is 4.72 Å². The van der Waals surface area contributed by atoms with E-state index >= 15 is 0 Å². The maximum atomic E-state index is 13.7. The molecule has 0 aliphatic carbocycles. The van der Waals surface area contributed by atoms with Crippen LogP contribution in [0.2, 0.25) is 0 Å². The lowest BCUT2D eigenvalue weighted by Crippen LogP contribution is -2.15. The van der Waals surface area contributed by atoms with Crippen molar-refractivity contribution in [1.29, 1.82) is 0 Å². The zero-order chi connectivity index (χ0) is 23.1. The number of para-hydroxylation sites is 1. The molecule has 0 saturated carbocycles. The van der Waals surface area contributed by atoms with Gasteiger partial charge in [0.05, 0.1) is 0 Å². The first-order valence-corrected chi connectivity index (χ1v) is 12.3. The fourth-order valence-electron chi connectivity index (χ4n) is 3.45. The van der Waals surface area contributed by atoms with Crippen LogP contribution in [0.1, 0.15) is 31.9 Å². The molecule has 8 heteroatoms. The van der Waals surface area contributed by atoms with Crippen molar-refractivity contribution in [1.82, 2.24) is 4.98 Å². The first-order valence-electron chi connectivity index (χ1n) is 10.00. The maximum Gasteiger partial charge on any atom is 0.271 e. The lowest BCUT2D eigenvalue weighted by Gasteiger charge is -2.22. The number of hydrogen-bond acceptors (Lipinski definition) is 5. The van der Waals surface area contributed by atoms with Crippen LogP contribution in [-0.4, -0.2) is 13.4 Å². The number of anilines is 1. The third-order valence-electron chi connectivity index (χ3n) is 5.02. The number of benzene rings is 2. The zero-order valence-corrected chi connectivity index (χ0v) is 19.8. The van der Waals surface area contributed by atoms with Gasteiger partial charge in [-0.3, -0.25) is 4.72 Å². The second-order valence-corrected chi connectivity index (χ2v) is 11.4. The van der Waals surface area contributed by atoms with Gasteiger partial charge in [0.2, 0.25) is 5.88 Å². The summed E-state index contributed by atoms with van der Waals surface area (Å²) >= 11 is 1.10. The number of aryl methyl sites for hydroxylation is 1. The summed E-state index contributed by atoms with van der Waals surface area (Å²) in [7, 11) is -3.95. The van der Waals surface area contributed by atoms with E-state index in [1.165, 1.54) is 12.1 Å². The minimum Gasteiger partial charge on any atom is -0.437 e. The molecule has 0 aliphatic heterocycles. The van der Waals surface area contributed by atoms with Gasteiger partial charge in [0, 0.05) is 16.5 Å². The monoisotopic (exact) mass is 470 g/mol. The third kappa shape index (κ3) is 4.33. The van der Waals surface area contributed by atoms with Crippen LogP contribution in [0.15, 0.2) is 65.0 Å². The van der Waals surface area contributed by atoms with Crippen LogP contribution in [-0.2, 0) is 15.4 Å². The summed E-state index contributed by atoms with van der Waals surface area (Å²) in [6.45, 7) is 7.89. The van der Waals surface area contributed by atoms with E-state index in [4.69, 9.17) is 4.74 Å². The summed E-state index contributed by atoms with van der Waals surface area (Å²) in [5.74, 6) is 0.348. The molecule has 0 unspecified atom stereocenters. The van der Waals surface area contributed by atoms with Gasteiger partial charge in [-0.2, -0.15) is 0 Å². The smallest absolute Gasteiger partial charge is 0.271 e. The summed E-state index contributed by atoms with van der Waals surface area (Å²) in [6, 6.07) is 15.1. The number of ether oxygens (including phenoxy) is 1. The Kier molecular flexibility index (Phi) is 5.68. The molecule has 0 fully saturated rings. The Bertz CT molecular complexity index is 1410. The summed E-state index contributed by atoms with van der Waals surface area (Å²) in [4.78, 5) is 4.26. The van der Waals surface area contributed by atoms with E-state index in [2.05, 4.69) is 30.5 Å². The van der Waals surface area contributed by atoms with E-state index in [1.807, 2.05) is 24.3 Å². The van der Waals surface area contributed by atoms with Crippen molar-refractivity contribution in [2.45, 2.75) is 37.3 Å². The molecule has 0 saturated heterocycles. The first-order chi connectivity index (χ1) is 15.1. The average Bonchev–Trinajstić information content (AvgIpc) is 3.06. The quantitative estimate of drug-likeness (QED) is 0.355. The van der Waals surface area contributed by atoms with Crippen molar-refractivity contribution in [2.24, 2.45) is 0 Å². The van der Waals surface area contributed by atoms with Crippen LogP contribution in [0, 0.1) is 12.7 Å². The third-order valence-corrected chi connectivity index (χ3v) is 8.27. The standard InChI is InChI=1S/C24H23FN2O3S2/c1-15-17-14-16(25)11-12-21(17)31-23(15)32(28,29)27-19-9-7-13-26-22(19)30-20-10-6-5-8-18(20)24(2,3)4/h5-14,27H,1-4H3. The molecule has 5 nitrogen and oxygen atoms in total. The lowest BCUT2D eigenvalue weighted by molar-refractivity contribution is 0.442. The summed E-state index contributed by atoms with van der Waals surface area (Å²) in [5, 5.41) is 0.581. The Morgan fingerprint density at radius 3 is 2.56 bits per heavy atom. The second kappa shape index (κ2) is 8.18. The Morgan fingerprint density at radius 2 is 1.81 bits per heavy atom. The molecule has 4 aromatic rings. The molecule has 2 aromatic carbocycles. The molecule has 166 valence electrons. The van der Waals surface area contributed by atoms with Crippen LogP contribution >= 0.6 is 11.3 Å². The molecule has 0 atom stereocenters. The minimum absolute atomic E-state index is 0.128. The number of rotatable bonds is 5. The highest BCUT2D eigenvalue weighted by Gasteiger charge is 2.25. The van der Waals surface area contributed by atoms with Crippen LogP contribution in [0.4, 0.5) is 10.1 Å². The van der Waals surface area contributed by atoms with Gasteiger partial charge in [-0.1, -0.05) is 39.0 Å². The molecule has 4 rings (SSSR count). The number of pyridine rings is 1. The second-order valence-electron chi connectivity index (χ2n) is 8.46. The maximum absolute atomic E-state index is 13.7. The molecular formula is C24H23FN2O3S2. The number of hydrogen-bond donors (Lipinski definition) is 1. The number of nitrogens with zero attached hydrogens (tertiary/aromatic N) is 1. The molecule has 1 N–H and O–H groups in total. The summed E-state index contributed by atoms with van der Waals surface area (Å²) in [6.07, 6.45) is 1.54. The van der Waals surface area contributed by atoms with Gasteiger partial charge in [0.1, 0.15) is 21.5 Å². The van der Waals surface area contributed by atoms with Crippen LogP contribution in [0.3, 0.4) is 0 Å². The number of sulfonamides is 1. The van der Waals surface area contributed by atoms with Crippen LogP contribution in [0.25, 0.3) is 10.1 Å². The summed E-state index contributed by atoms with van der Waals surface area (Å²) < 4.78 is 49.6. The van der Waals surface area contributed by atoms with Crippen LogP contribution < -0.4 is 9.46 Å². The first kappa shape index (κ1) is 22.2. The summed E-state index contributed by atoms with van der Waals surface area (Å²) in [5.41, 5.74) is 1.52. The molecule has 32 heavy (non-hydrogen) atoms. The molecule has 0 amide bonds. The van der Waals surface area contributed by atoms with E-state index < -0.39 is 15.8 Å². The highest BCUT2D eigenvalue weighted by atomic mass is 32.2. The van der Waals surface area contributed by atoms with E-state index in [9.17, 15) is 12.8 Å². The van der Waals surface area contributed by atoms with Gasteiger partial charge >= 0.3 is 0 Å². The Labute approximate surface area is 191 Å². The van der Waals surface area contributed by atoms with Crippen molar-refractivity contribution in [3.63, 3.8) is 0 Å². The topological polar surface area (TPSA) is 68.3 Å². The van der Waals surface area contributed by atoms with Crippen molar-refractivity contribution >= 4 is 37.1 Å². The minimum atomic E-state index is -3.95. The normalized spacial score (nSPS) is 12.2. The fraction of sp³-hybridized carbons (Fsp3) is 0.208. The molecular weight excluding hydrogens is 447 g/mol. The zero-order valence-electron chi connectivity index (χ0n) is 18.1. The molecule has 0 radical (unpaired) electrons. The molecule has 2 heterocycles. The van der Waals surface area contributed by atoms with Crippen molar-refractivity contribution in [3.8, 4) is 11.6 Å². The number of nitrogens with one attached hydrogen (secondary N) is 1. The van der Waals surface area contributed by atoms with Gasteiger partial charge < -0.3 is 4.74 Å². The van der Waals surface area contributed by atoms with E-state index in [-0.39, 0.29) is 21.2 Å². The van der Waals surface area contributed by atoms with Crippen molar-refractivity contribution in [3.05, 3.63) is 77.7 Å². The van der Waals surface area contributed by atoms with Gasteiger partial charge in [-0.15, -0.1) is 11.3 Å². The van der Waals surface area contributed by atoms with Crippen LogP contribution in [0.5, 0.6) is 11.6 Å². The van der Waals surface area contributed by atoms with Gasteiger partial charge in [0.15, 0.2) is 0 Å². The predicted molar refractivity (Wildman–Crippen MR) is 127 cm³/mol. The van der Waals surface area contributed by atoms with Gasteiger partial charge in [-0.05, 0) is 59.7 Å². The van der Waals surface area contributed by atoms with Gasteiger partial charge in [0.25, 0.3) is 10.0 Å². The SMILES string of the molecule is Cc1c(S(=O)(=O)Nc2cccnc2Oc2ccccc2C(C)(C)C)sc2ccc(F)cc12. The lowest BCUT2D eigenvalue weighted by atomic mass is 9.86. The number of aromatic nitrogens is 1. The Balaban J connectivity index is 1.71. The number of thiophene rings is 1. The highest BCUT2D eigenvalue weighted by Crippen LogP contribution is 2.38. The van der Waals surface area contributed by atoms with E-state index in [0.717, 1.165) is 16.9 Å². The number of halogens is 1. The molecule has 2 aromatic heterocycles. The molecule has 0 aliphatic rings. The number of fused-ring (bicyclic) bond motifs is 1. The predicted octanol–water partition coefficient (Wildman–Crippen LogP) is 6.63. The average molecular weight is 471 g/mol. The fourth-order valence-corrected chi connectivity index (χ4v) is 6.25. The van der Waals surface area contributed by atoms with E-state index in [0.29, 0.717) is 21.4 Å². The Morgan fingerprint density at radius 1 is 1.06 bits per heavy atom. The highest BCUT2D eigenvalue weighted by molar-refractivity contribution is 7.95. The van der Waals surface area contributed by atoms with Gasteiger partial charge in [-0.25, -0.2) is 17.8 Å².